The number of nitrogens with zero attached hydrogens (tertiary/aromatic N) is 1. The van der Waals surface area contributed by atoms with E-state index in [9.17, 15) is 28.1 Å². The molecule has 1 N–H and O–H groups in total. The number of carbonyl (C=O) groups is 1. The molecule has 1 amide bonds. The third kappa shape index (κ3) is 5.74. The summed E-state index contributed by atoms with van der Waals surface area (Å²) >= 11 is 0. The van der Waals surface area contributed by atoms with E-state index in [1.807, 2.05) is 5.48 Å². The average molecular weight is 370 g/mol. The lowest BCUT2D eigenvalue weighted by Crippen LogP contribution is -2.25. The molecule has 0 heterocycles. The number of hydrogen-bond acceptors (Lipinski definition) is 5. The van der Waals surface area contributed by atoms with Crippen molar-refractivity contribution in [2.45, 2.75) is 12.8 Å². The molecule has 0 aliphatic carbocycles. The predicted octanol–water partition coefficient (Wildman–Crippen LogP) is 3.40. The van der Waals surface area contributed by atoms with Crippen LogP contribution in [-0.4, -0.2) is 23.6 Å². The van der Waals surface area contributed by atoms with E-state index in [0.29, 0.717) is 0 Å². The normalized spacial score (nSPS) is 11.0. The monoisotopic (exact) mass is 370 g/mol. The molecule has 2 aromatic rings. The highest BCUT2D eigenvalue weighted by Gasteiger charge is 2.29. The third-order valence-electron chi connectivity index (χ3n) is 3.06. The Morgan fingerprint density at radius 3 is 2.46 bits per heavy atom. The van der Waals surface area contributed by atoms with Gasteiger partial charge in [-0.05, 0) is 17.7 Å². The molecule has 0 spiro atoms. The van der Waals surface area contributed by atoms with Crippen molar-refractivity contribution in [3.8, 4) is 5.75 Å². The molecule has 0 bridgehead atoms. The predicted molar refractivity (Wildman–Crippen MR) is 83.3 cm³/mol. The number of nitrogens with one attached hydrogen (secondary N) is 1. The van der Waals surface area contributed by atoms with Crippen molar-refractivity contribution in [3.63, 3.8) is 0 Å². The fraction of sp³-hybridized carbons (Fsp3) is 0.188. The van der Waals surface area contributed by atoms with Gasteiger partial charge < -0.3 is 4.74 Å². The first-order valence-corrected chi connectivity index (χ1v) is 7.20. The van der Waals surface area contributed by atoms with Gasteiger partial charge in [0.2, 0.25) is 0 Å². The minimum Gasteiger partial charge on any atom is -0.484 e. The minimum absolute atomic E-state index is 0.00461. The molecule has 138 valence electrons. The van der Waals surface area contributed by atoms with Crippen LogP contribution in [0.4, 0.5) is 18.9 Å². The Labute approximate surface area is 145 Å². The van der Waals surface area contributed by atoms with Crippen LogP contribution in [-0.2, 0) is 11.4 Å². The first-order valence-electron chi connectivity index (χ1n) is 7.20. The Hall–Kier alpha value is -3.14. The highest BCUT2D eigenvalue weighted by molar-refractivity contribution is 5.97. The van der Waals surface area contributed by atoms with E-state index in [0.717, 1.165) is 23.8 Å². The average Bonchev–Trinajstić information content (AvgIpc) is 2.60. The SMILES string of the molecule is O=C(NOCc1ccccc1)c1cc(OCC(F)(F)F)ccc1[N+](=O)[O-]. The Morgan fingerprint density at radius 1 is 1.15 bits per heavy atom. The molecule has 0 unspecified atom stereocenters. The number of nitro benzene ring substituents is 1. The van der Waals surface area contributed by atoms with Crippen LogP contribution in [0.25, 0.3) is 0 Å². The second kappa shape index (κ2) is 8.30. The number of rotatable bonds is 7. The van der Waals surface area contributed by atoms with Crippen molar-refractivity contribution in [3.05, 3.63) is 69.8 Å². The zero-order chi connectivity index (χ0) is 19.2. The van der Waals surface area contributed by atoms with E-state index in [2.05, 4.69) is 4.74 Å². The maximum Gasteiger partial charge on any atom is 0.422 e. The summed E-state index contributed by atoms with van der Waals surface area (Å²) in [5.41, 5.74) is 1.69. The highest BCUT2D eigenvalue weighted by Crippen LogP contribution is 2.25. The van der Waals surface area contributed by atoms with E-state index in [1.165, 1.54) is 0 Å². The van der Waals surface area contributed by atoms with Crippen LogP contribution < -0.4 is 10.2 Å². The molecule has 0 fully saturated rings. The molecule has 2 aromatic carbocycles. The Bertz CT molecular complexity index is 781. The van der Waals surface area contributed by atoms with Crippen molar-refractivity contribution < 1.29 is 32.5 Å². The maximum absolute atomic E-state index is 12.2. The number of ether oxygens (including phenoxy) is 1. The van der Waals surface area contributed by atoms with E-state index >= 15 is 0 Å². The van der Waals surface area contributed by atoms with Gasteiger partial charge in [0.1, 0.15) is 11.3 Å². The smallest absolute Gasteiger partial charge is 0.422 e. The molecule has 10 heteroatoms. The van der Waals surface area contributed by atoms with Gasteiger partial charge in [-0.25, -0.2) is 5.48 Å². The fourth-order valence-corrected chi connectivity index (χ4v) is 1.93. The minimum atomic E-state index is -4.58. The van der Waals surface area contributed by atoms with Crippen molar-refractivity contribution >= 4 is 11.6 Å². The van der Waals surface area contributed by atoms with E-state index < -0.39 is 34.9 Å². The molecule has 0 aliphatic rings. The summed E-state index contributed by atoms with van der Waals surface area (Å²) in [5.74, 6) is -1.31. The molecule has 0 atom stereocenters. The topological polar surface area (TPSA) is 90.7 Å². The van der Waals surface area contributed by atoms with Gasteiger partial charge in [-0.1, -0.05) is 30.3 Å². The highest BCUT2D eigenvalue weighted by atomic mass is 19.4. The molecule has 0 saturated heterocycles. The molecular weight excluding hydrogens is 357 g/mol. The summed E-state index contributed by atoms with van der Waals surface area (Å²) in [6.07, 6.45) is -4.58. The number of carbonyl (C=O) groups excluding carboxylic acids is 1. The number of benzene rings is 2. The van der Waals surface area contributed by atoms with Gasteiger partial charge in [0, 0.05) is 6.07 Å². The first kappa shape index (κ1) is 19.2. The number of hydroxylamine groups is 1. The van der Waals surface area contributed by atoms with Crippen LogP contribution in [0, 0.1) is 10.1 Å². The van der Waals surface area contributed by atoms with Crippen LogP contribution in [0.1, 0.15) is 15.9 Å². The number of hydrogen-bond donors (Lipinski definition) is 1. The lowest BCUT2D eigenvalue weighted by atomic mass is 10.1. The van der Waals surface area contributed by atoms with E-state index in [1.54, 1.807) is 30.3 Å². The van der Waals surface area contributed by atoms with Crippen molar-refractivity contribution in [2.75, 3.05) is 6.61 Å². The molecule has 0 aliphatic heterocycles. The first-order chi connectivity index (χ1) is 12.3. The van der Waals surface area contributed by atoms with Gasteiger partial charge in [-0.2, -0.15) is 13.2 Å². The van der Waals surface area contributed by atoms with E-state index in [-0.39, 0.29) is 12.4 Å². The zero-order valence-electron chi connectivity index (χ0n) is 13.2. The lowest BCUT2D eigenvalue weighted by molar-refractivity contribution is -0.385. The van der Waals surface area contributed by atoms with Gasteiger partial charge in [-0.3, -0.25) is 19.7 Å². The van der Waals surface area contributed by atoms with Crippen molar-refractivity contribution in [2.24, 2.45) is 0 Å². The molecule has 0 radical (unpaired) electrons. The quantitative estimate of drug-likeness (QED) is 0.596. The van der Waals surface area contributed by atoms with E-state index in [4.69, 9.17) is 4.84 Å². The van der Waals surface area contributed by atoms with Gasteiger partial charge in [0.15, 0.2) is 6.61 Å². The summed E-state index contributed by atoms with van der Waals surface area (Å²) < 4.78 is 41.1. The number of halogens is 3. The van der Waals surface area contributed by atoms with Gasteiger partial charge in [-0.15, -0.1) is 0 Å². The third-order valence-corrected chi connectivity index (χ3v) is 3.06. The Balaban J connectivity index is 2.08. The zero-order valence-corrected chi connectivity index (χ0v) is 13.2. The van der Waals surface area contributed by atoms with Crippen LogP contribution >= 0.6 is 0 Å². The summed E-state index contributed by atoms with van der Waals surface area (Å²) in [4.78, 5) is 27.3. The second-order valence-electron chi connectivity index (χ2n) is 5.05. The lowest BCUT2D eigenvalue weighted by Gasteiger charge is -2.11. The number of alkyl halides is 3. The van der Waals surface area contributed by atoms with Crippen LogP contribution in [0.2, 0.25) is 0 Å². The largest absolute Gasteiger partial charge is 0.484 e. The van der Waals surface area contributed by atoms with Gasteiger partial charge >= 0.3 is 6.18 Å². The van der Waals surface area contributed by atoms with Crippen molar-refractivity contribution in [1.29, 1.82) is 0 Å². The molecule has 7 nitrogen and oxygen atoms in total. The molecule has 2 rings (SSSR count). The summed E-state index contributed by atoms with van der Waals surface area (Å²) in [6, 6.07) is 11.5. The number of amides is 1. The van der Waals surface area contributed by atoms with Crippen LogP contribution in [0.3, 0.4) is 0 Å². The standard InChI is InChI=1S/C16H13F3N2O5/c17-16(18,19)10-25-12-6-7-14(21(23)24)13(8-12)15(22)20-26-9-11-4-2-1-3-5-11/h1-8H,9-10H2,(H,20,22). The maximum atomic E-state index is 12.2. The molecule has 0 saturated carbocycles. The second-order valence-corrected chi connectivity index (χ2v) is 5.05. The fourth-order valence-electron chi connectivity index (χ4n) is 1.93. The summed E-state index contributed by atoms with van der Waals surface area (Å²) in [7, 11) is 0. The summed E-state index contributed by atoms with van der Waals surface area (Å²) in [6.45, 7) is -1.58. The molecular formula is C16H13F3N2O5. The van der Waals surface area contributed by atoms with Crippen LogP contribution in [0.15, 0.2) is 48.5 Å². The van der Waals surface area contributed by atoms with Crippen LogP contribution in [0.5, 0.6) is 5.75 Å². The summed E-state index contributed by atoms with van der Waals surface area (Å²) in [5, 5.41) is 11.0. The number of nitro groups is 1. The Morgan fingerprint density at radius 2 is 1.85 bits per heavy atom. The molecule has 26 heavy (non-hydrogen) atoms. The van der Waals surface area contributed by atoms with Crippen molar-refractivity contribution in [1.82, 2.24) is 5.48 Å². The van der Waals surface area contributed by atoms with Gasteiger partial charge in [0.05, 0.1) is 11.5 Å². The molecule has 0 aromatic heterocycles. The van der Waals surface area contributed by atoms with Gasteiger partial charge in [0.25, 0.3) is 11.6 Å². The Kier molecular flexibility index (Phi) is 6.12.